The summed E-state index contributed by atoms with van der Waals surface area (Å²) in [7, 11) is 0. The molecule has 5 rings (SSSR count). The van der Waals surface area contributed by atoms with Crippen LogP contribution >= 0.6 is 0 Å². The monoisotopic (exact) mass is 459 g/mol. The van der Waals surface area contributed by atoms with Crippen molar-refractivity contribution in [1.29, 1.82) is 0 Å². The minimum atomic E-state index is -0.799. The third-order valence-corrected chi connectivity index (χ3v) is 6.00. The molecule has 3 aromatic carbocycles. The van der Waals surface area contributed by atoms with E-state index < -0.39 is 23.2 Å². The highest BCUT2D eigenvalue weighted by Gasteiger charge is 2.43. The van der Waals surface area contributed by atoms with Gasteiger partial charge in [0.15, 0.2) is 16.9 Å². The number of aromatic hydroxyl groups is 1. The maximum atomic E-state index is 13.9. The highest BCUT2D eigenvalue weighted by atomic mass is 19.1. The summed E-state index contributed by atoms with van der Waals surface area (Å²) < 4.78 is 25.3. The fourth-order valence-corrected chi connectivity index (χ4v) is 4.36. The van der Waals surface area contributed by atoms with Crippen LogP contribution in [0.25, 0.3) is 11.0 Å². The summed E-state index contributed by atoms with van der Waals surface area (Å²) in [5.74, 6) is -0.872. The molecule has 6 nitrogen and oxygen atoms in total. The van der Waals surface area contributed by atoms with Gasteiger partial charge in [-0.05, 0) is 55.3 Å². The second kappa shape index (κ2) is 8.33. The first-order valence-electron chi connectivity index (χ1n) is 11.0. The van der Waals surface area contributed by atoms with E-state index in [4.69, 9.17) is 9.15 Å². The van der Waals surface area contributed by atoms with Gasteiger partial charge in [-0.2, -0.15) is 0 Å². The normalized spacial score (nSPS) is 15.1. The molecule has 1 unspecified atom stereocenters. The van der Waals surface area contributed by atoms with Crippen molar-refractivity contribution in [1.82, 2.24) is 4.90 Å². The number of fused-ring (bicyclic) bond motifs is 2. The zero-order valence-electron chi connectivity index (χ0n) is 18.7. The number of amides is 1. The lowest BCUT2D eigenvalue weighted by Gasteiger charge is -2.26. The summed E-state index contributed by atoms with van der Waals surface area (Å²) >= 11 is 0. The van der Waals surface area contributed by atoms with Gasteiger partial charge in [0.05, 0.1) is 23.6 Å². The van der Waals surface area contributed by atoms with E-state index in [0.29, 0.717) is 12.2 Å². The van der Waals surface area contributed by atoms with Crippen LogP contribution in [-0.4, -0.2) is 22.5 Å². The Morgan fingerprint density at radius 1 is 1.06 bits per heavy atom. The summed E-state index contributed by atoms with van der Waals surface area (Å²) in [5.41, 5.74) is 2.36. The number of phenolic OH excluding ortho intramolecular Hbond substituents is 1. The van der Waals surface area contributed by atoms with E-state index in [1.165, 1.54) is 18.2 Å². The lowest BCUT2D eigenvalue weighted by molar-refractivity contribution is 0.0714. The van der Waals surface area contributed by atoms with Crippen molar-refractivity contribution >= 4 is 16.9 Å². The van der Waals surface area contributed by atoms with Crippen molar-refractivity contribution < 1.29 is 23.4 Å². The molecule has 1 N–H and O–H groups in total. The second-order valence-electron chi connectivity index (χ2n) is 8.30. The van der Waals surface area contributed by atoms with Gasteiger partial charge in [-0.1, -0.05) is 35.9 Å². The second-order valence-corrected chi connectivity index (χ2v) is 8.30. The number of aryl methyl sites for hydroxylation is 1. The molecule has 0 saturated carbocycles. The fraction of sp³-hybridized carbons (Fsp3) is 0.185. The Labute approximate surface area is 194 Å². The van der Waals surface area contributed by atoms with Gasteiger partial charge >= 0.3 is 0 Å². The van der Waals surface area contributed by atoms with E-state index in [2.05, 4.69) is 0 Å². The molecule has 1 aliphatic rings. The van der Waals surface area contributed by atoms with Crippen LogP contribution in [0.15, 0.2) is 69.9 Å². The topological polar surface area (TPSA) is 80.0 Å². The smallest absolute Gasteiger partial charge is 0.291 e. The summed E-state index contributed by atoms with van der Waals surface area (Å²) in [5, 5.41) is 10.2. The van der Waals surface area contributed by atoms with Gasteiger partial charge in [0, 0.05) is 6.54 Å². The van der Waals surface area contributed by atoms with E-state index in [-0.39, 0.29) is 40.3 Å². The van der Waals surface area contributed by atoms with E-state index in [1.807, 2.05) is 31.2 Å². The van der Waals surface area contributed by atoms with Crippen LogP contribution in [0.2, 0.25) is 0 Å². The van der Waals surface area contributed by atoms with E-state index in [1.54, 1.807) is 24.0 Å². The molecule has 4 aromatic rings. The van der Waals surface area contributed by atoms with Crippen molar-refractivity contribution in [2.45, 2.75) is 26.4 Å². The first-order valence-corrected chi connectivity index (χ1v) is 11.0. The number of halogens is 1. The van der Waals surface area contributed by atoms with E-state index in [0.717, 1.165) is 17.2 Å². The van der Waals surface area contributed by atoms with Crippen LogP contribution in [0.1, 0.15) is 45.8 Å². The molecule has 7 heteroatoms. The van der Waals surface area contributed by atoms with Crippen LogP contribution in [0, 0.1) is 12.7 Å². The predicted octanol–water partition coefficient (Wildman–Crippen LogP) is 5.09. The molecular formula is C27H22FNO5. The molecule has 0 saturated heterocycles. The first kappa shape index (κ1) is 21.7. The molecular weight excluding hydrogens is 437 g/mol. The molecule has 0 fully saturated rings. The highest BCUT2D eigenvalue weighted by molar-refractivity contribution is 5.99. The van der Waals surface area contributed by atoms with E-state index in [9.17, 15) is 19.1 Å². The minimum absolute atomic E-state index is 0.0483. The Bertz CT molecular complexity index is 1480. The standard InChI is InChI=1S/C27H22FNO5/c1-3-33-22-12-17(8-10-20(22)30)24-23-25(31)19-13-18(28)9-11-21(19)34-26(23)27(32)29(24)14-16-6-4-15(2)5-7-16/h4-13,24,30H,3,14H2,1-2H3. The summed E-state index contributed by atoms with van der Waals surface area (Å²) in [4.78, 5) is 28.6. The van der Waals surface area contributed by atoms with Crippen LogP contribution in [0.5, 0.6) is 11.5 Å². The predicted molar refractivity (Wildman–Crippen MR) is 125 cm³/mol. The van der Waals surface area contributed by atoms with Gasteiger partial charge in [-0.15, -0.1) is 0 Å². The molecule has 1 aliphatic heterocycles. The number of nitrogens with zero attached hydrogens (tertiary/aromatic N) is 1. The van der Waals surface area contributed by atoms with Gasteiger partial charge in [-0.25, -0.2) is 4.39 Å². The number of carbonyl (C=O) groups is 1. The van der Waals surface area contributed by atoms with Gasteiger partial charge in [0.25, 0.3) is 5.91 Å². The third-order valence-electron chi connectivity index (χ3n) is 6.00. The molecule has 172 valence electrons. The number of phenols is 1. The molecule has 0 spiro atoms. The number of hydrogen-bond acceptors (Lipinski definition) is 5. The lowest BCUT2D eigenvalue weighted by atomic mass is 9.97. The average molecular weight is 459 g/mol. The average Bonchev–Trinajstić information content (AvgIpc) is 3.09. The minimum Gasteiger partial charge on any atom is -0.504 e. The Morgan fingerprint density at radius 2 is 1.82 bits per heavy atom. The number of carbonyl (C=O) groups excluding carboxylic acids is 1. The van der Waals surface area contributed by atoms with Gasteiger partial charge < -0.3 is 19.2 Å². The molecule has 0 bridgehead atoms. The van der Waals surface area contributed by atoms with Crippen molar-refractivity contribution in [2.24, 2.45) is 0 Å². The molecule has 1 amide bonds. The van der Waals surface area contributed by atoms with Crippen molar-refractivity contribution in [3.63, 3.8) is 0 Å². The highest BCUT2D eigenvalue weighted by Crippen LogP contribution is 2.41. The maximum Gasteiger partial charge on any atom is 0.291 e. The third kappa shape index (κ3) is 3.59. The Hall–Kier alpha value is -4.13. The van der Waals surface area contributed by atoms with Crippen molar-refractivity contribution in [2.75, 3.05) is 6.61 Å². The fourth-order valence-electron chi connectivity index (χ4n) is 4.36. The largest absolute Gasteiger partial charge is 0.504 e. The number of rotatable bonds is 5. The zero-order valence-corrected chi connectivity index (χ0v) is 18.7. The van der Waals surface area contributed by atoms with Gasteiger partial charge in [0.1, 0.15) is 11.4 Å². The lowest BCUT2D eigenvalue weighted by Crippen LogP contribution is -2.29. The molecule has 34 heavy (non-hydrogen) atoms. The number of hydrogen-bond donors (Lipinski definition) is 1. The van der Waals surface area contributed by atoms with Crippen LogP contribution < -0.4 is 10.2 Å². The van der Waals surface area contributed by atoms with Crippen LogP contribution in [0.3, 0.4) is 0 Å². The SMILES string of the molecule is CCOc1cc(C2c3c(oc4ccc(F)cc4c3=O)C(=O)N2Cc2ccc(C)cc2)ccc1O. The molecule has 1 atom stereocenters. The molecule has 2 heterocycles. The maximum absolute atomic E-state index is 13.9. The number of benzene rings is 3. The van der Waals surface area contributed by atoms with Crippen LogP contribution in [0.4, 0.5) is 4.39 Å². The van der Waals surface area contributed by atoms with Crippen molar-refractivity contribution in [3.8, 4) is 11.5 Å². The first-order chi connectivity index (χ1) is 16.4. The quantitative estimate of drug-likeness (QED) is 0.450. The Kier molecular flexibility index (Phi) is 5.32. The number of ether oxygens (including phenoxy) is 1. The Morgan fingerprint density at radius 3 is 2.56 bits per heavy atom. The molecule has 1 aromatic heterocycles. The summed E-state index contributed by atoms with van der Waals surface area (Å²) in [6.07, 6.45) is 0. The van der Waals surface area contributed by atoms with Gasteiger partial charge in [-0.3, -0.25) is 9.59 Å². The van der Waals surface area contributed by atoms with E-state index >= 15 is 0 Å². The van der Waals surface area contributed by atoms with Gasteiger partial charge in [0.2, 0.25) is 5.76 Å². The summed E-state index contributed by atoms with van der Waals surface area (Å²) in [6, 6.07) is 15.3. The summed E-state index contributed by atoms with van der Waals surface area (Å²) in [6.45, 7) is 4.32. The zero-order chi connectivity index (χ0) is 24.0. The van der Waals surface area contributed by atoms with Crippen LogP contribution in [-0.2, 0) is 6.54 Å². The molecule has 0 radical (unpaired) electrons. The molecule has 0 aliphatic carbocycles. The Balaban J connectivity index is 1.72. The van der Waals surface area contributed by atoms with Crippen molar-refractivity contribution in [3.05, 3.63) is 105 Å².